The van der Waals surface area contributed by atoms with Crippen molar-refractivity contribution in [3.05, 3.63) is 32.6 Å². The molecule has 0 saturated carbocycles. The first kappa shape index (κ1) is 16.0. The van der Waals surface area contributed by atoms with E-state index in [0.717, 1.165) is 16.8 Å². The molecule has 2 rings (SSSR count). The van der Waals surface area contributed by atoms with Crippen LogP contribution in [-0.2, 0) is 20.6 Å². The van der Waals surface area contributed by atoms with Gasteiger partial charge >= 0.3 is 5.69 Å². The highest BCUT2D eigenvalue weighted by atomic mass is 16.2. The summed E-state index contributed by atoms with van der Waals surface area (Å²) in [5.41, 5.74) is 0.205. The summed E-state index contributed by atoms with van der Waals surface area (Å²) < 4.78 is 2.65. The molecule has 2 heterocycles. The molecule has 1 N–H and O–H groups in total. The highest BCUT2D eigenvalue weighted by Crippen LogP contribution is 2.11. The molecule has 1 aliphatic heterocycles. The third-order valence-electron chi connectivity index (χ3n) is 4.39. The van der Waals surface area contributed by atoms with E-state index in [-0.39, 0.29) is 11.2 Å². The fourth-order valence-electron chi connectivity index (χ4n) is 2.85. The van der Waals surface area contributed by atoms with Crippen molar-refractivity contribution >= 4 is 0 Å². The first-order valence-corrected chi connectivity index (χ1v) is 7.71. The molecule has 1 atom stereocenters. The molecular formula is C15H26N4O2. The van der Waals surface area contributed by atoms with Gasteiger partial charge in [0.25, 0.3) is 5.56 Å². The van der Waals surface area contributed by atoms with Crippen LogP contribution in [0, 0.1) is 0 Å². The van der Waals surface area contributed by atoms with E-state index < -0.39 is 0 Å². The Morgan fingerprint density at radius 1 is 1.14 bits per heavy atom. The Bertz CT molecular complexity index is 584. The molecule has 6 nitrogen and oxygen atoms in total. The number of nitrogens with one attached hydrogen (secondary N) is 1. The lowest BCUT2D eigenvalue weighted by Crippen LogP contribution is -2.44. The molecule has 1 saturated heterocycles. The van der Waals surface area contributed by atoms with Crippen molar-refractivity contribution in [2.45, 2.75) is 38.8 Å². The van der Waals surface area contributed by atoms with E-state index >= 15 is 0 Å². The van der Waals surface area contributed by atoms with Gasteiger partial charge < -0.3 is 5.32 Å². The fourth-order valence-corrected chi connectivity index (χ4v) is 2.85. The van der Waals surface area contributed by atoms with E-state index in [0.29, 0.717) is 12.6 Å². The average molecular weight is 294 g/mol. The van der Waals surface area contributed by atoms with Crippen molar-refractivity contribution in [1.29, 1.82) is 0 Å². The van der Waals surface area contributed by atoms with Crippen LogP contribution in [0.1, 0.15) is 31.9 Å². The summed E-state index contributed by atoms with van der Waals surface area (Å²) in [5, 5.41) is 3.36. The maximum atomic E-state index is 11.8. The minimum Gasteiger partial charge on any atom is -0.310 e. The Labute approximate surface area is 125 Å². The summed E-state index contributed by atoms with van der Waals surface area (Å²) in [7, 11) is 3.20. The number of hydrogen-bond acceptors (Lipinski definition) is 4. The number of nitrogens with zero attached hydrogens (tertiary/aromatic N) is 3. The Morgan fingerprint density at radius 3 is 2.48 bits per heavy atom. The number of hydrogen-bond donors (Lipinski definition) is 1. The minimum absolute atomic E-state index is 0.251. The van der Waals surface area contributed by atoms with Gasteiger partial charge in [0.05, 0.1) is 0 Å². The van der Waals surface area contributed by atoms with Crippen molar-refractivity contribution in [3.8, 4) is 0 Å². The third-order valence-corrected chi connectivity index (χ3v) is 4.39. The van der Waals surface area contributed by atoms with E-state index in [1.807, 2.05) is 0 Å². The molecule has 6 heteroatoms. The highest BCUT2D eigenvalue weighted by molar-refractivity contribution is 5.01. The van der Waals surface area contributed by atoms with Crippen LogP contribution in [-0.4, -0.2) is 39.7 Å². The molecule has 1 aromatic rings. The van der Waals surface area contributed by atoms with Gasteiger partial charge in [-0.25, -0.2) is 4.79 Å². The summed E-state index contributed by atoms with van der Waals surface area (Å²) in [4.78, 5) is 26.0. The second-order valence-corrected chi connectivity index (χ2v) is 5.95. The van der Waals surface area contributed by atoms with Gasteiger partial charge in [-0.3, -0.25) is 18.8 Å². The molecule has 0 spiro atoms. The summed E-state index contributed by atoms with van der Waals surface area (Å²) >= 11 is 0. The quantitative estimate of drug-likeness (QED) is 0.833. The largest absolute Gasteiger partial charge is 0.330 e. The van der Waals surface area contributed by atoms with Gasteiger partial charge in [-0.15, -0.1) is 0 Å². The van der Waals surface area contributed by atoms with Crippen molar-refractivity contribution in [3.63, 3.8) is 0 Å². The van der Waals surface area contributed by atoms with Crippen LogP contribution in [0.3, 0.4) is 0 Å². The van der Waals surface area contributed by atoms with E-state index in [9.17, 15) is 9.59 Å². The standard InChI is InChI=1S/C15H26N4O2/c1-12(19-7-5-4-6-8-19)10-16-11-13-9-14(20)18(3)15(21)17(13)2/h9,12,16H,4-8,10-11H2,1-3H3. The van der Waals surface area contributed by atoms with E-state index in [1.165, 1.54) is 50.0 Å². The molecule has 0 radical (unpaired) electrons. The minimum atomic E-state index is -0.275. The Kier molecular flexibility index (Phi) is 5.36. The number of aromatic nitrogens is 2. The van der Waals surface area contributed by atoms with Crippen LogP contribution < -0.4 is 16.6 Å². The molecule has 0 amide bonds. The SMILES string of the molecule is CC(CNCc1cc(=O)n(C)c(=O)n1C)N1CCCCC1. The molecular weight excluding hydrogens is 268 g/mol. The zero-order valence-corrected chi connectivity index (χ0v) is 13.3. The normalized spacial score (nSPS) is 17.9. The van der Waals surface area contributed by atoms with Crippen LogP contribution in [0.5, 0.6) is 0 Å². The third kappa shape index (κ3) is 3.83. The predicted molar refractivity (Wildman–Crippen MR) is 83.5 cm³/mol. The predicted octanol–water partition coefficient (Wildman–Crippen LogP) is 0.0480. The van der Waals surface area contributed by atoms with E-state index in [4.69, 9.17) is 0 Å². The van der Waals surface area contributed by atoms with Crippen LogP contribution >= 0.6 is 0 Å². The van der Waals surface area contributed by atoms with Crippen LogP contribution in [0.25, 0.3) is 0 Å². The molecule has 21 heavy (non-hydrogen) atoms. The zero-order chi connectivity index (χ0) is 15.4. The van der Waals surface area contributed by atoms with Crippen molar-refractivity contribution in [1.82, 2.24) is 19.4 Å². The van der Waals surface area contributed by atoms with Gasteiger partial charge in [0.15, 0.2) is 0 Å². The molecule has 1 fully saturated rings. The summed E-state index contributed by atoms with van der Waals surface area (Å²) in [5.74, 6) is 0. The summed E-state index contributed by atoms with van der Waals surface area (Å²) in [6.07, 6.45) is 3.91. The van der Waals surface area contributed by atoms with Crippen molar-refractivity contribution in [2.24, 2.45) is 14.1 Å². The Hall–Kier alpha value is -1.40. The van der Waals surface area contributed by atoms with Crippen LogP contribution in [0.4, 0.5) is 0 Å². The van der Waals surface area contributed by atoms with E-state index in [2.05, 4.69) is 17.1 Å². The summed E-state index contributed by atoms with van der Waals surface area (Å²) in [6, 6.07) is 2.01. The average Bonchev–Trinajstić information content (AvgIpc) is 2.51. The van der Waals surface area contributed by atoms with Gasteiger partial charge in [-0.1, -0.05) is 6.42 Å². The first-order valence-electron chi connectivity index (χ1n) is 7.71. The second-order valence-electron chi connectivity index (χ2n) is 5.95. The molecule has 1 aromatic heterocycles. The number of rotatable bonds is 5. The number of piperidine rings is 1. The maximum absolute atomic E-state index is 11.8. The molecule has 0 aromatic carbocycles. The van der Waals surface area contributed by atoms with Crippen molar-refractivity contribution in [2.75, 3.05) is 19.6 Å². The second kappa shape index (κ2) is 7.04. The summed E-state index contributed by atoms with van der Waals surface area (Å²) in [6.45, 7) is 5.98. The lowest BCUT2D eigenvalue weighted by Gasteiger charge is -2.32. The monoisotopic (exact) mass is 294 g/mol. The van der Waals surface area contributed by atoms with Gasteiger partial charge in [-0.05, 0) is 32.9 Å². The fraction of sp³-hybridized carbons (Fsp3) is 0.733. The lowest BCUT2D eigenvalue weighted by atomic mass is 10.1. The first-order chi connectivity index (χ1) is 10.0. The van der Waals surface area contributed by atoms with Gasteiger partial charge in [0.1, 0.15) is 0 Å². The molecule has 0 aliphatic carbocycles. The van der Waals surface area contributed by atoms with Gasteiger partial charge in [0.2, 0.25) is 0 Å². The lowest BCUT2D eigenvalue weighted by molar-refractivity contribution is 0.170. The highest BCUT2D eigenvalue weighted by Gasteiger charge is 2.16. The van der Waals surface area contributed by atoms with Gasteiger partial charge in [0, 0.05) is 45.0 Å². The molecule has 1 unspecified atom stereocenters. The number of likely N-dealkylation sites (tertiary alicyclic amines) is 1. The molecule has 1 aliphatic rings. The van der Waals surface area contributed by atoms with Gasteiger partial charge in [-0.2, -0.15) is 0 Å². The molecule has 0 bridgehead atoms. The topological polar surface area (TPSA) is 59.3 Å². The Morgan fingerprint density at radius 2 is 1.81 bits per heavy atom. The van der Waals surface area contributed by atoms with E-state index in [1.54, 1.807) is 7.05 Å². The van der Waals surface area contributed by atoms with Crippen molar-refractivity contribution < 1.29 is 0 Å². The Balaban J connectivity index is 1.91. The smallest absolute Gasteiger partial charge is 0.310 e. The molecule has 118 valence electrons. The van der Waals surface area contributed by atoms with Crippen LogP contribution in [0.2, 0.25) is 0 Å². The zero-order valence-electron chi connectivity index (χ0n) is 13.3. The maximum Gasteiger partial charge on any atom is 0.330 e. The van der Waals surface area contributed by atoms with Crippen LogP contribution in [0.15, 0.2) is 15.7 Å².